The molecule has 11 nitrogen and oxygen atoms in total. The molecule has 0 radical (unpaired) electrons. The van der Waals surface area contributed by atoms with E-state index in [0.717, 1.165) is 77.0 Å². The number of aliphatic hydroxyl groups excluding tert-OH is 4. The van der Waals surface area contributed by atoms with Crippen LogP contribution in [0, 0.1) is 0 Å². The van der Waals surface area contributed by atoms with Crippen LogP contribution < -0.4 is 9.47 Å². The fourth-order valence-electron chi connectivity index (χ4n) is 10.3. The summed E-state index contributed by atoms with van der Waals surface area (Å²) in [6.07, 6.45) is 44.5. The zero-order valence-electron chi connectivity index (χ0n) is 49.9. The van der Waals surface area contributed by atoms with E-state index in [1.54, 1.807) is 24.3 Å². The zero-order chi connectivity index (χ0) is 55.5. The van der Waals surface area contributed by atoms with Crippen LogP contribution >= 0.6 is 0 Å². The first-order valence-electron chi connectivity index (χ1n) is 31.9. The van der Waals surface area contributed by atoms with Gasteiger partial charge in [0.15, 0.2) is 11.5 Å². The normalized spacial score (nSPS) is 13.5. The van der Waals surface area contributed by atoms with Gasteiger partial charge < -0.3 is 34.6 Å². The second-order valence-electron chi connectivity index (χ2n) is 22.5. The molecule has 0 saturated heterocycles. The van der Waals surface area contributed by atoms with Crippen LogP contribution in [-0.2, 0) is 14.3 Å². The van der Waals surface area contributed by atoms with Crippen LogP contribution in [0.2, 0.25) is 0 Å². The van der Waals surface area contributed by atoms with Gasteiger partial charge in [0, 0.05) is 45.2 Å². The number of aliphatic hydroxyl groups is 4. The van der Waals surface area contributed by atoms with Gasteiger partial charge in [0.1, 0.15) is 0 Å². The van der Waals surface area contributed by atoms with Gasteiger partial charge in [-0.15, -0.1) is 0 Å². The van der Waals surface area contributed by atoms with E-state index >= 15 is 0 Å². The maximum Gasteiger partial charge on any atom is 0.330 e. The lowest BCUT2D eigenvalue weighted by Gasteiger charge is -2.27. The summed E-state index contributed by atoms with van der Waals surface area (Å²) < 4.78 is 16.9. The van der Waals surface area contributed by atoms with Gasteiger partial charge in [0.2, 0.25) is 0 Å². The first-order chi connectivity index (χ1) is 37.0. The van der Waals surface area contributed by atoms with E-state index in [2.05, 4.69) is 37.5 Å². The molecule has 0 bridgehead atoms. The standard InChI is InChI=1S/C65H120N2O9/c1-6-10-14-18-22-26-30-34-40-58(68)53-66(54-59(69)41-35-31-27-23-19-15-11-7-2)49-38-44-65(73)76-62-47-45-57(52-63(62)74-5)46-48-64(72)75-51-39-50-67(55-60(70)42-36-32-28-24-20-16-12-8-3)56-61(71)43-37-33-29-25-21-17-13-9-4/h45-48,52,58-61,68-71H,6-44,49-51,53-56H2,1-5H3/b48-46+. The summed E-state index contributed by atoms with van der Waals surface area (Å²) >= 11 is 0. The lowest BCUT2D eigenvalue weighted by atomic mass is 10.0. The minimum atomic E-state index is -0.475. The maximum absolute atomic E-state index is 13.1. The van der Waals surface area contributed by atoms with Crippen molar-refractivity contribution in [2.45, 2.75) is 303 Å². The van der Waals surface area contributed by atoms with Crippen molar-refractivity contribution >= 4 is 18.0 Å². The molecule has 0 heterocycles. The summed E-state index contributed by atoms with van der Waals surface area (Å²) in [6.45, 7) is 12.3. The third kappa shape index (κ3) is 43.4. The molecule has 0 aliphatic carbocycles. The molecule has 4 N–H and O–H groups in total. The van der Waals surface area contributed by atoms with Crippen LogP contribution in [0.1, 0.15) is 284 Å². The quantitative estimate of drug-likeness (QED) is 0.0214. The van der Waals surface area contributed by atoms with Crippen LogP contribution in [0.25, 0.3) is 6.08 Å². The number of benzene rings is 1. The average molecular weight is 1070 g/mol. The molecule has 1 aromatic carbocycles. The van der Waals surface area contributed by atoms with Gasteiger partial charge in [0.05, 0.1) is 38.1 Å². The Morgan fingerprint density at radius 1 is 0.461 bits per heavy atom. The highest BCUT2D eigenvalue weighted by atomic mass is 16.6. The molecular formula is C65H120N2O9. The highest BCUT2D eigenvalue weighted by molar-refractivity contribution is 5.87. The highest BCUT2D eigenvalue weighted by Crippen LogP contribution is 2.29. The Hall–Kier alpha value is -2.54. The van der Waals surface area contributed by atoms with E-state index in [1.165, 1.54) is 167 Å². The summed E-state index contributed by atoms with van der Waals surface area (Å²) in [5.74, 6) is -0.200. The van der Waals surface area contributed by atoms with Crippen LogP contribution in [0.3, 0.4) is 0 Å². The lowest BCUT2D eigenvalue weighted by Crippen LogP contribution is -2.39. The molecule has 1 rings (SSSR count). The highest BCUT2D eigenvalue weighted by Gasteiger charge is 2.19. The van der Waals surface area contributed by atoms with Crippen molar-refractivity contribution in [2.24, 2.45) is 0 Å². The molecule has 0 saturated carbocycles. The Morgan fingerprint density at radius 2 is 0.803 bits per heavy atom. The molecule has 0 aliphatic heterocycles. The SMILES string of the molecule is CCCCCCCCCCC(O)CN(CCCOC(=O)/C=C/c1ccc(OC(=O)CCCN(CC(O)CCCCCCCCCC)CC(O)CCCCCCCCCC)c(OC)c1)CC(O)CCCCCCCCCC. The molecule has 0 aliphatic rings. The molecule has 11 heteroatoms. The number of carbonyl (C=O) groups is 2. The number of ether oxygens (including phenoxy) is 3. The van der Waals surface area contributed by atoms with Gasteiger partial charge in [-0.05, 0) is 68.8 Å². The fraction of sp³-hybridized carbons (Fsp3) is 0.846. The predicted molar refractivity (Wildman–Crippen MR) is 318 cm³/mol. The van der Waals surface area contributed by atoms with Crippen molar-refractivity contribution in [1.29, 1.82) is 0 Å². The summed E-state index contributed by atoms with van der Waals surface area (Å²) in [5, 5.41) is 44.0. The van der Waals surface area contributed by atoms with Gasteiger partial charge in [-0.1, -0.05) is 239 Å². The number of esters is 2. The van der Waals surface area contributed by atoms with E-state index in [1.807, 2.05) is 0 Å². The van der Waals surface area contributed by atoms with E-state index in [4.69, 9.17) is 14.2 Å². The van der Waals surface area contributed by atoms with Crippen LogP contribution in [0.4, 0.5) is 0 Å². The maximum atomic E-state index is 13.1. The second kappa shape index (κ2) is 51.9. The van der Waals surface area contributed by atoms with Gasteiger partial charge in [-0.2, -0.15) is 0 Å². The topological polar surface area (TPSA) is 149 Å². The summed E-state index contributed by atoms with van der Waals surface area (Å²) in [6, 6.07) is 5.14. The largest absolute Gasteiger partial charge is 0.493 e. The molecule has 76 heavy (non-hydrogen) atoms. The Morgan fingerprint density at radius 3 is 1.16 bits per heavy atom. The molecule has 444 valence electrons. The van der Waals surface area contributed by atoms with E-state index in [0.29, 0.717) is 69.2 Å². The molecular weight excluding hydrogens is 953 g/mol. The molecule has 1 aromatic rings. The van der Waals surface area contributed by atoms with Crippen LogP contribution in [0.5, 0.6) is 11.5 Å². The monoisotopic (exact) mass is 1070 g/mol. The first kappa shape index (κ1) is 71.5. The summed E-state index contributed by atoms with van der Waals surface area (Å²) in [7, 11) is 1.51. The third-order valence-electron chi connectivity index (χ3n) is 15.0. The Labute approximate surface area is 467 Å². The van der Waals surface area contributed by atoms with Crippen molar-refractivity contribution in [1.82, 2.24) is 9.80 Å². The lowest BCUT2D eigenvalue weighted by molar-refractivity contribution is -0.138. The molecule has 0 aromatic heterocycles. The Balaban J connectivity index is 2.71. The van der Waals surface area contributed by atoms with Crippen molar-refractivity contribution in [3.8, 4) is 11.5 Å². The van der Waals surface area contributed by atoms with Gasteiger partial charge in [0.25, 0.3) is 0 Å². The number of nitrogens with zero attached hydrogens (tertiary/aromatic N) is 2. The minimum absolute atomic E-state index is 0.174. The molecule has 0 spiro atoms. The first-order valence-corrected chi connectivity index (χ1v) is 31.9. The van der Waals surface area contributed by atoms with E-state index in [9.17, 15) is 30.0 Å². The Bertz CT molecular complexity index is 1440. The summed E-state index contributed by atoms with van der Waals surface area (Å²) in [4.78, 5) is 30.2. The van der Waals surface area contributed by atoms with Crippen LogP contribution in [0.15, 0.2) is 24.3 Å². The Kier molecular flexibility index (Phi) is 48.8. The smallest absolute Gasteiger partial charge is 0.330 e. The van der Waals surface area contributed by atoms with Gasteiger partial charge in [-0.3, -0.25) is 14.6 Å². The summed E-state index contributed by atoms with van der Waals surface area (Å²) in [5.41, 5.74) is 0.683. The third-order valence-corrected chi connectivity index (χ3v) is 15.0. The number of carbonyl (C=O) groups excluding carboxylic acids is 2. The van der Waals surface area contributed by atoms with Crippen molar-refractivity contribution in [3.63, 3.8) is 0 Å². The van der Waals surface area contributed by atoms with E-state index in [-0.39, 0.29) is 13.0 Å². The zero-order valence-corrected chi connectivity index (χ0v) is 49.9. The second-order valence-corrected chi connectivity index (χ2v) is 22.5. The number of hydrogen-bond acceptors (Lipinski definition) is 11. The van der Waals surface area contributed by atoms with Crippen molar-refractivity contribution in [2.75, 3.05) is 53.0 Å². The molecule has 4 unspecified atom stereocenters. The molecule has 0 amide bonds. The molecule has 4 atom stereocenters. The predicted octanol–water partition coefficient (Wildman–Crippen LogP) is 15.5. The van der Waals surface area contributed by atoms with E-state index < -0.39 is 36.4 Å². The van der Waals surface area contributed by atoms with Crippen LogP contribution in [-0.4, -0.2) is 120 Å². The van der Waals surface area contributed by atoms with Gasteiger partial charge >= 0.3 is 11.9 Å². The number of unbranched alkanes of at least 4 members (excludes halogenated alkanes) is 28. The fourth-order valence-corrected chi connectivity index (χ4v) is 10.3. The number of rotatable bonds is 56. The van der Waals surface area contributed by atoms with Crippen molar-refractivity contribution < 1.29 is 44.2 Å². The van der Waals surface area contributed by atoms with Gasteiger partial charge in [-0.25, -0.2) is 4.79 Å². The number of hydrogen-bond donors (Lipinski definition) is 4. The minimum Gasteiger partial charge on any atom is -0.493 e. The molecule has 0 fully saturated rings. The average Bonchev–Trinajstić information content (AvgIpc) is 3.40. The number of methoxy groups -OCH3 is 1. The van der Waals surface area contributed by atoms with Crippen molar-refractivity contribution in [3.05, 3.63) is 29.8 Å².